The van der Waals surface area contributed by atoms with E-state index in [0.717, 1.165) is 17.0 Å². The second-order valence-electron chi connectivity index (χ2n) is 5.17. The summed E-state index contributed by atoms with van der Waals surface area (Å²) in [7, 11) is 1.62. The number of hydrogen-bond acceptors (Lipinski definition) is 6. The Kier molecular flexibility index (Phi) is 2.70. The maximum Gasteiger partial charge on any atom is 0.184 e. The fraction of sp³-hybridized carbons (Fsp3) is 0.500. The summed E-state index contributed by atoms with van der Waals surface area (Å²) in [6.07, 6.45) is -1.78. The average Bonchev–Trinajstić information content (AvgIpc) is 3.11. The Labute approximate surface area is 115 Å². The Hall–Kier alpha value is -1.63. The Morgan fingerprint density at radius 2 is 2.10 bits per heavy atom. The van der Waals surface area contributed by atoms with Crippen molar-refractivity contribution in [2.45, 2.75) is 24.6 Å². The molecule has 3 aliphatic rings. The number of aliphatic hydroxyl groups excluding tert-OH is 1. The van der Waals surface area contributed by atoms with Gasteiger partial charge in [0.2, 0.25) is 0 Å². The van der Waals surface area contributed by atoms with Crippen LogP contribution in [0.1, 0.15) is 5.56 Å². The Bertz CT molecular complexity index is 543. The van der Waals surface area contributed by atoms with Crippen molar-refractivity contribution in [2.75, 3.05) is 13.7 Å². The summed E-state index contributed by atoms with van der Waals surface area (Å²) in [5.41, 5.74) is 1.66. The molecule has 20 heavy (non-hydrogen) atoms. The average molecular weight is 277 g/mol. The van der Waals surface area contributed by atoms with Gasteiger partial charge in [0.15, 0.2) is 12.4 Å². The second kappa shape index (κ2) is 4.44. The van der Waals surface area contributed by atoms with Gasteiger partial charge in [0, 0.05) is 5.56 Å². The van der Waals surface area contributed by atoms with Crippen molar-refractivity contribution in [2.24, 2.45) is 11.1 Å². The van der Waals surface area contributed by atoms with Gasteiger partial charge in [-0.15, -0.1) is 0 Å². The summed E-state index contributed by atoms with van der Waals surface area (Å²) < 4.78 is 16.1. The number of fused-ring (bicyclic) bond motifs is 4. The van der Waals surface area contributed by atoms with Crippen LogP contribution in [0.5, 0.6) is 5.75 Å². The van der Waals surface area contributed by atoms with E-state index < -0.39 is 12.4 Å². The normalized spacial score (nSPS) is 38.1. The molecule has 1 aromatic rings. The molecular weight excluding hydrogens is 262 g/mol. The van der Waals surface area contributed by atoms with Gasteiger partial charge >= 0.3 is 0 Å². The highest BCUT2D eigenvalue weighted by Crippen LogP contribution is 2.39. The van der Waals surface area contributed by atoms with Gasteiger partial charge in [-0.1, -0.05) is 5.16 Å². The van der Waals surface area contributed by atoms with Gasteiger partial charge in [0.25, 0.3) is 0 Å². The first-order chi connectivity index (χ1) is 9.78. The van der Waals surface area contributed by atoms with E-state index in [2.05, 4.69) is 5.16 Å². The summed E-state index contributed by atoms with van der Waals surface area (Å²) in [5.74, 6) is 0.565. The zero-order valence-corrected chi connectivity index (χ0v) is 10.9. The molecule has 0 saturated carbocycles. The van der Waals surface area contributed by atoms with Gasteiger partial charge in [0.1, 0.15) is 18.0 Å². The topological polar surface area (TPSA) is 69.5 Å². The van der Waals surface area contributed by atoms with Crippen LogP contribution in [0.15, 0.2) is 29.4 Å². The number of ether oxygens (including phenoxy) is 3. The molecule has 0 aliphatic carbocycles. The molecule has 4 rings (SSSR count). The van der Waals surface area contributed by atoms with Crippen LogP contribution in [-0.2, 0) is 14.3 Å². The first kappa shape index (κ1) is 12.1. The molecule has 0 aromatic heterocycles. The van der Waals surface area contributed by atoms with Crippen molar-refractivity contribution >= 4 is 5.71 Å². The molecule has 1 aromatic carbocycles. The smallest absolute Gasteiger partial charge is 0.184 e. The summed E-state index contributed by atoms with van der Waals surface area (Å²) in [5, 5.41) is 14.5. The van der Waals surface area contributed by atoms with E-state index >= 15 is 0 Å². The van der Waals surface area contributed by atoms with E-state index in [4.69, 9.17) is 19.0 Å². The van der Waals surface area contributed by atoms with Crippen LogP contribution in [0.3, 0.4) is 0 Å². The Morgan fingerprint density at radius 1 is 1.30 bits per heavy atom. The number of rotatable bonds is 2. The lowest BCUT2D eigenvalue weighted by molar-refractivity contribution is -0.197. The van der Waals surface area contributed by atoms with Crippen LogP contribution in [0, 0.1) is 5.92 Å². The molecule has 5 atom stereocenters. The van der Waals surface area contributed by atoms with Crippen LogP contribution in [0.4, 0.5) is 0 Å². The van der Waals surface area contributed by atoms with Crippen LogP contribution in [0.25, 0.3) is 0 Å². The van der Waals surface area contributed by atoms with Crippen molar-refractivity contribution in [1.29, 1.82) is 0 Å². The summed E-state index contributed by atoms with van der Waals surface area (Å²) >= 11 is 0. The third-order valence-corrected chi connectivity index (χ3v) is 4.08. The summed E-state index contributed by atoms with van der Waals surface area (Å²) in [4.78, 5) is 5.47. The highest BCUT2D eigenvalue weighted by Gasteiger charge is 2.56. The van der Waals surface area contributed by atoms with E-state index in [0.29, 0.717) is 6.61 Å². The first-order valence-corrected chi connectivity index (χ1v) is 6.61. The Balaban J connectivity index is 1.65. The second-order valence-corrected chi connectivity index (χ2v) is 5.17. The van der Waals surface area contributed by atoms with E-state index in [1.807, 2.05) is 24.3 Å². The molecule has 1 N–H and O–H groups in total. The molecule has 106 valence electrons. The highest BCUT2D eigenvalue weighted by atomic mass is 16.8. The molecule has 3 heterocycles. The van der Waals surface area contributed by atoms with Gasteiger partial charge in [-0.25, -0.2) is 0 Å². The summed E-state index contributed by atoms with van der Waals surface area (Å²) in [6, 6.07) is 7.55. The maximum absolute atomic E-state index is 10.4. The zero-order valence-electron chi connectivity index (χ0n) is 10.9. The molecule has 2 saturated heterocycles. The molecule has 0 unspecified atom stereocenters. The van der Waals surface area contributed by atoms with E-state index in [9.17, 15) is 5.11 Å². The lowest BCUT2D eigenvalue weighted by Gasteiger charge is -2.32. The van der Waals surface area contributed by atoms with Crippen molar-refractivity contribution in [3.05, 3.63) is 29.8 Å². The number of benzene rings is 1. The number of hydrogen-bond donors (Lipinski definition) is 1. The van der Waals surface area contributed by atoms with Crippen molar-refractivity contribution < 1.29 is 24.2 Å². The zero-order chi connectivity index (χ0) is 13.7. The SMILES string of the molecule is COc1ccc(C2=NO[C@H]3[C@@H]2[C@H](O)[C@H]2OC[C@H]3O2)cc1. The summed E-state index contributed by atoms with van der Waals surface area (Å²) in [6.45, 7) is 0.439. The fourth-order valence-electron chi connectivity index (χ4n) is 3.02. The number of methoxy groups -OCH3 is 1. The molecule has 2 bridgehead atoms. The van der Waals surface area contributed by atoms with E-state index in [1.54, 1.807) is 7.11 Å². The minimum atomic E-state index is -0.762. The van der Waals surface area contributed by atoms with Crippen LogP contribution < -0.4 is 4.74 Å². The van der Waals surface area contributed by atoms with Crippen LogP contribution >= 0.6 is 0 Å². The third kappa shape index (κ3) is 1.65. The number of aliphatic hydroxyl groups is 1. The quantitative estimate of drug-likeness (QED) is 0.854. The number of oxime groups is 1. The van der Waals surface area contributed by atoms with Gasteiger partial charge in [-0.3, -0.25) is 0 Å². The Morgan fingerprint density at radius 3 is 2.85 bits per heavy atom. The lowest BCUT2D eigenvalue weighted by Crippen LogP contribution is -2.51. The number of nitrogens with zero attached hydrogens (tertiary/aromatic N) is 1. The van der Waals surface area contributed by atoms with Crippen LogP contribution in [-0.4, -0.2) is 49.1 Å². The lowest BCUT2D eigenvalue weighted by atomic mass is 9.84. The molecule has 6 heteroatoms. The highest BCUT2D eigenvalue weighted by molar-refractivity contribution is 6.03. The standard InChI is InChI=1S/C14H15NO5/c1-17-8-4-2-7(3-5-8)11-10-12(16)14-18-6-9(19-14)13(10)20-15-11/h2-5,9-10,12-14,16H,6H2,1H3/t9-,10+,12+,13-,14+/m1/s1. The van der Waals surface area contributed by atoms with Gasteiger partial charge in [0.05, 0.1) is 25.3 Å². The molecule has 2 fully saturated rings. The molecule has 0 spiro atoms. The van der Waals surface area contributed by atoms with Crippen molar-refractivity contribution in [1.82, 2.24) is 0 Å². The minimum Gasteiger partial charge on any atom is -0.497 e. The van der Waals surface area contributed by atoms with Crippen molar-refractivity contribution in [3.8, 4) is 5.75 Å². The van der Waals surface area contributed by atoms with Gasteiger partial charge < -0.3 is 24.2 Å². The largest absolute Gasteiger partial charge is 0.497 e. The predicted molar refractivity (Wildman–Crippen MR) is 68.5 cm³/mol. The van der Waals surface area contributed by atoms with E-state index in [1.165, 1.54) is 0 Å². The van der Waals surface area contributed by atoms with Gasteiger partial charge in [-0.05, 0) is 24.3 Å². The van der Waals surface area contributed by atoms with Gasteiger partial charge in [-0.2, -0.15) is 0 Å². The van der Waals surface area contributed by atoms with Crippen LogP contribution in [0.2, 0.25) is 0 Å². The molecule has 0 amide bonds. The fourth-order valence-corrected chi connectivity index (χ4v) is 3.02. The third-order valence-electron chi connectivity index (χ3n) is 4.08. The molecule has 0 radical (unpaired) electrons. The monoisotopic (exact) mass is 277 g/mol. The molecule has 3 aliphatic heterocycles. The molecular formula is C14H15NO5. The van der Waals surface area contributed by atoms with Crippen molar-refractivity contribution in [3.63, 3.8) is 0 Å². The maximum atomic E-state index is 10.4. The molecule has 6 nitrogen and oxygen atoms in total. The first-order valence-electron chi connectivity index (χ1n) is 6.61. The predicted octanol–water partition coefficient (Wildman–Crippen LogP) is 0.530. The minimum absolute atomic E-state index is 0.159. The van der Waals surface area contributed by atoms with E-state index in [-0.39, 0.29) is 18.1 Å².